The second-order valence-corrected chi connectivity index (χ2v) is 6.92. The Morgan fingerprint density at radius 3 is 2.04 bits per heavy atom. The Kier molecular flexibility index (Phi) is 12.0. The van der Waals surface area contributed by atoms with E-state index in [9.17, 15) is 9.59 Å². The van der Waals surface area contributed by atoms with Gasteiger partial charge in [0.2, 0.25) is 0 Å². The number of hydrogen-bond donors (Lipinski definition) is 1. The zero-order chi connectivity index (χ0) is 19.9. The van der Waals surface area contributed by atoms with Gasteiger partial charge in [0.05, 0.1) is 13.7 Å². The zero-order valence-electron chi connectivity index (χ0n) is 17.1. The van der Waals surface area contributed by atoms with Crippen molar-refractivity contribution in [2.45, 2.75) is 77.7 Å². The monoisotopic (exact) mass is 377 g/mol. The number of hydrogen-bond acceptors (Lipinski definition) is 4. The van der Waals surface area contributed by atoms with E-state index in [0.29, 0.717) is 17.9 Å². The summed E-state index contributed by atoms with van der Waals surface area (Å²) in [7, 11) is 1.57. The summed E-state index contributed by atoms with van der Waals surface area (Å²) in [6, 6.07) is 6.07. The van der Waals surface area contributed by atoms with E-state index in [0.717, 1.165) is 12.8 Å². The molecule has 0 aliphatic carbocycles. The van der Waals surface area contributed by atoms with Crippen LogP contribution >= 0.6 is 0 Å². The van der Waals surface area contributed by atoms with E-state index in [4.69, 9.17) is 9.47 Å². The van der Waals surface area contributed by atoms with Crippen LogP contribution in [-0.2, 0) is 9.53 Å². The molecular formula is C22H35NO4. The van der Waals surface area contributed by atoms with Crippen molar-refractivity contribution in [3.8, 4) is 5.75 Å². The second-order valence-electron chi connectivity index (χ2n) is 6.92. The van der Waals surface area contributed by atoms with Gasteiger partial charge in [-0.15, -0.1) is 0 Å². The maximum absolute atomic E-state index is 12.1. The maximum atomic E-state index is 12.1. The summed E-state index contributed by atoms with van der Waals surface area (Å²) >= 11 is 0. The summed E-state index contributed by atoms with van der Waals surface area (Å²) < 4.78 is 10.3. The molecule has 1 atom stereocenters. The Bertz CT molecular complexity index is 542. The molecule has 0 radical (unpaired) electrons. The molecule has 5 heteroatoms. The van der Waals surface area contributed by atoms with Crippen LogP contribution in [-0.4, -0.2) is 31.6 Å². The number of carbonyl (C=O) groups is 2. The van der Waals surface area contributed by atoms with Crippen LogP contribution in [0.1, 0.15) is 82.0 Å². The van der Waals surface area contributed by atoms with E-state index >= 15 is 0 Å². The molecule has 1 unspecified atom stereocenters. The van der Waals surface area contributed by atoms with Gasteiger partial charge >= 0.3 is 5.97 Å². The topological polar surface area (TPSA) is 64.6 Å². The molecule has 0 fully saturated rings. The standard InChI is InChI=1S/C22H35NO4/c1-4-5-6-7-8-9-10-11-12-17-27-22(25)18(2)23-21(24)19-13-15-20(26-3)16-14-19/h13-16,18H,4-12,17H2,1-3H3,(H,23,24). The van der Waals surface area contributed by atoms with Crippen molar-refractivity contribution in [2.75, 3.05) is 13.7 Å². The van der Waals surface area contributed by atoms with Crippen molar-refractivity contribution in [3.05, 3.63) is 29.8 Å². The molecule has 1 rings (SSSR count). The Morgan fingerprint density at radius 2 is 1.48 bits per heavy atom. The van der Waals surface area contributed by atoms with Crippen molar-refractivity contribution in [2.24, 2.45) is 0 Å². The maximum Gasteiger partial charge on any atom is 0.328 e. The molecule has 0 saturated carbocycles. The van der Waals surface area contributed by atoms with Gasteiger partial charge in [-0.25, -0.2) is 4.79 Å². The molecule has 27 heavy (non-hydrogen) atoms. The van der Waals surface area contributed by atoms with Crippen LogP contribution in [0.5, 0.6) is 5.75 Å². The third-order valence-corrected chi connectivity index (χ3v) is 4.55. The molecule has 0 heterocycles. The molecule has 1 amide bonds. The van der Waals surface area contributed by atoms with E-state index < -0.39 is 12.0 Å². The predicted octanol–water partition coefficient (Wildman–Crippen LogP) is 4.89. The lowest BCUT2D eigenvalue weighted by atomic mass is 10.1. The average Bonchev–Trinajstić information content (AvgIpc) is 2.69. The SMILES string of the molecule is CCCCCCCCCCCOC(=O)C(C)NC(=O)c1ccc(OC)cc1. The number of esters is 1. The van der Waals surface area contributed by atoms with Crippen molar-refractivity contribution in [1.29, 1.82) is 0 Å². The highest BCUT2D eigenvalue weighted by Gasteiger charge is 2.17. The number of carbonyl (C=O) groups excluding carboxylic acids is 2. The lowest BCUT2D eigenvalue weighted by Crippen LogP contribution is -2.39. The fourth-order valence-corrected chi connectivity index (χ4v) is 2.79. The van der Waals surface area contributed by atoms with Crippen molar-refractivity contribution >= 4 is 11.9 Å². The molecule has 1 aromatic rings. The highest BCUT2D eigenvalue weighted by atomic mass is 16.5. The number of methoxy groups -OCH3 is 1. The normalized spacial score (nSPS) is 11.7. The van der Waals surface area contributed by atoms with Crippen LogP contribution < -0.4 is 10.1 Å². The van der Waals surface area contributed by atoms with Gasteiger partial charge in [0, 0.05) is 5.56 Å². The number of benzene rings is 1. The molecule has 0 bridgehead atoms. The lowest BCUT2D eigenvalue weighted by molar-refractivity contribution is -0.145. The summed E-state index contributed by atoms with van der Waals surface area (Å²) in [4.78, 5) is 24.1. The minimum absolute atomic E-state index is 0.301. The van der Waals surface area contributed by atoms with E-state index in [1.807, 2.05) is 0 Å². The van der Waals surface area contributed by atoms with E-state index in [1.54, 1.807) is 38.3 Å². The quantitative estimate of drug-likeness (QED) is 0.370. The van der Waals surface area contributed by atoms with Gasteiger partial charge in [-0.1, -0.05) is 58.3 Å². The molecular weight excluding hydrogens is 342 g/mol. The van der Waals surface area contributed by atoms with Crippen LogP contribution in [0.15, 0.2) is 24.3 Å². The van der Waals surface area contributed by atoms with Crippen molar-refractivity contribution in [3.63, 3.8) is 0 Å². The van der Waals surface area contributed by atoms with Gasteiger partial charge in [-0.2, -0.15) is 0 Å². The van der Waals surface area contributed by atoms with E-state index in [1.165, 1.54) is 44.9 Å². The van der Waals surface area contributed by atoms with Gasteiger partial charge in [-0.05, 0) is 37.6 Å². The predicted molar refractivity (Wildman–Crippen MR) is 108 cm³/mol. The fourth-order valence-electron chi connectivity index (χ4n) is 2.79. The summed E-state index contributed by atoms with van der Waals surface area (Å²) in [6.07, 6.45) is 11.0. The largest absolute Gasteiger partial charge is 0.497 e. The summed E-state index contributed by atoms with van der Waals surface area (Å²) in [5.74, 6) is -0.0124. The fraction of sp³-hybridized carbons (Fsp3) is 0.636. The first-order valence-electron chi connectivity index (χ1n) is 10.2. The molecule has 0 spiro atoms. The zero-order valence-corrected chi connectivity index (χ0v) is 17.1. The van der Waals surface area contributed by atoms with E-state index in [-0.39, 0.29) is 5.91 Å². The number of rotatable bonds is 14. The molecule has 0 aliphatic heterocycles. The summed E-state index contributed by atoms with van der Waals surface area (Å²) in [5, 5.41) is 2.66. The van der Waals surface area contributed by atoms with Crippen LogP contribution in [0.3, 0.4) is 0 Å². The highest BCUT2D eigenvalue weighted by Crippen LogP contribution is 2.12. The van der Waals surface area contributed by atoms with Gasteiger partial charge in [-0.3, -0.25) is 4.79 Å². The van der Waals surface area contributed by atoms with Crippen LogP contribution in [0.4, 0.5) is 0 Å². The van der Waals surface area contributed by atoms with Crippen LogP contribution in [0, 0.1) is 0 Å². The van der Waals surface area contributed by atoms with Gasteiger partial charge < -0.3 is 14.8 Å². The number of amides is 1. The minimum Gasteiger partial charge on any atom is -0.497 e. The van der Waals surface area contributed by atoms with Gasteiger partial charge in [0.25, 0.3) is 5.91 Å². The second kappa shape index (κ2) is 14.1. The number of unbranched alkanes of at least 4 members (excludes halogenated alkanes) is 8. The first-order valence-corrected chi connectivity index (χ1v) is 10.2. The Morgan fingerprint density at radius 1 is 0.926 bits per heavy atom. The number of nitrogens with one attached hydrogen (secondary N) is 1. The summed E-state index contributed by atoms with van der Waals surface area (Å²) in [5.41, 5.74) is 0.481. The highest BCUT2D eigenvalue weighted by molar-refractivity contribution is 5.96. The summed E-state index contributed by atoms with van der Waals surface area (Å²) in [6.45, 7) is 4.28. The molecule has 0 aromatic heterocycles. The molecule has 152 valence electrons. The van der Waals surface area contributed by atoms with Crippen molar-refractivity contribution in [1.82, 2.24) is 5.32 Å². The lowest BCUT2D eigenvalue weighted by Gasteiger charge is -2.13. The first kappa shape index (κ1) is 23.0. The third kappa shape index (κ3) is 10.0. The minimum atomic E-state index is -0.668. The van der Waals surface area contributed by atoms with E-state index in [2.05, 4.69) is 12.2 Å². The average molecular weight is 378 g/mol. The van der Waals surface area contributed by atoms with Crippen LogP contribution in [0.25, 0.3) is 0 Å². The third-order valence-electron chi connectivity index (χ3n) is 4.55. The molecule has 1 aromatic carbocycles. The molecule has 5 nitrogen and oxygen atoms in total. The van der Waals surface area contributed by atoms with Crippen molar-refractivity contribution < 1.29 is 19.1 Å². The molecule has 0 saturated heterocycles. The molecule has 0 aliphatic rings. The Labute approximate surface area is 163 Å². The van der Waals surface area contributed by atoms with Gasteiger partial charge in [0.15, 0.2) is 0 Å². The van der Waals surface area contributed by atoms with Gasteiger partial charge in [0.1, 0.15) is 11.8 Å². The Hall–Kier alpha value is -2.04. The number of ether oxygens (including phenoxy) is 2. The molecule has 1 N–H and O–H groups in total. The van der Waals surface area contributed by atoms with Crippen LogP contribution in [0.2, 0.25) is 0 Å². The first-order chi connectivity index (χ1) is 13.1. The smallest absolute Gasteiger partial charge is 0.328 e. The Balaban J connectivity index is 2.12.